The predicted molar refractivity (Wildman–Crippen MR) is 170 cm³/mol. The van der Waals surface area contributed by atoms with Crippen molar-refractivity contribution in [3.63, 3.8) is 0 Å². The molecule has 0 amide bonds. The topological polar surface area (TPSA) is 152 Å². The Morgan fingerprint density at radius 3 is 1.47 bits per heavy atom. The number of aryl methyl sites for hydroxylation is 4. The first-order chi connectivity index (χ1) is 20.8. The summed E-state index contributed by atoms with van der Waals surface area (Å²) in [6, 6.07) is 7.53. The third-order valence-electron chi connectivity index (χ3n) is 7.97. The first-order valence-electron chi connectivity index (χ1n) is 15.6. The first kappa shape index (κ1) is 38.0. The van der Waals surface area contributed by atoms with Gasteiger partial charge in [0, 0.05) is 12.8 Å². The van der Waals surface area contributed by atoms with Crippen molar-refractivity contribution in [2.24, 2.45) is 0 Å². The molecule has 1 aliphatic carbocycles. The highest BCUT2D eigenvalue weighted by molar-refractivity contribution is 5.67. The number of aromatic hydroxyl groups is 2. The number of aliphatic carboxylic acids is 2. The van der Waals surface area contributed by atoms with E-state index >= 15 is 0 Å². The smallest absolute Gasteiger partial charge is 0.303 e. The molecule has 2 aromatic rings. The quantitative estimate of drug-likeness (QED) is 0.235. The molecule has 1 aliphatic heterocycles. The molecule has 4 rings (SSSR count). The maximum absolute atomic E-state index is 10.6. The van der Waals surface area contributed by atoms with Crippen LogP contribution in [0.15, 0.2) is 24.3 Å². The van der Waals surface area contributed by atoms with Crippen LogP contribution in [0, 0.1) is 13.8 Å². The van der Waals surface area contributed by atoms with Crippen LogP contribution in [0.25, 0.3) is 0 Å². The van der Waals surface area contributed by atoms with Crippen LogP contribution >= 0.6 is 0 Å². The third-order valence-corrected chi connectivity index (χ3v) is 7.97. The Morgan fingerprint density at radius 1 is 0.711 bits per heavy atom. The molecule has 1 saturated carbocycles. The van der Waals surface area contributed by atoms with Crippen molar-refractivity contribution in [1.82, 2.24) is 0 Å². The van der Waals surface area contributed by atoms with Gasteiger partial charge < -0.3 is 20.4 Å². The summed E-state index contributed by atoms with van der Waals surface area (Å²) in [7, 11) is 0. The average Bonchev–Trinajstić information content (AvgIpc) is 2.94. The van der Waals surface area contributed by atoms with Crippen LogP contribution in [0.5, 0.6) is 11.5 Å². The number of benzene rings is 2. The van der Waals surface area contributed by atoms with Gasteiger partial charge in [0.2, 0.25) is 0 Å². The van der Waals surface area contributed by atoms with Gasteiger partial charge in [-0.05, 0) is 93.8 Å². The lowest BCUT2D eigenvalue weighted by Gasteiger charge is -2.35. The lowest BCUT2D eigenvalue weighted by Crippen LogP contribution is -2.43. The van der Waals surface area contributed by atoms with Crippen LogP contribution in [0.3, 0.4) is 0 Å². The molecule has 10 heteroatoms. The highest BCUT2D eigenvalue weighted by Crippen LogP contribution is 2.36. The van der Waals surface area contributed by atoms with Crippen LogP contribution in [-0.2, 0) is 53.1 Å². The molecule has 1 saturated heterocycles. The summed E-state index contributed by atoms with van der Waals surface area (Å²) in [6.07, 6.45) is 6.92. The number of rotatable bonds is 6. The highest BCUT2D eigenvalue weighted by atomic mass is 17.7. The van der Waals surface area contributed by atoms with Gasteiger partial charge in [0.1, 0.15) is 23.7 Å². The number of carbonyl (C=O) groups is 2. The Labute approximate surface area is 267 Å². The fraction of sp³-hybridized carbons (Fsp3) is 0.600. The SMILES string of the molecule is C1CCC2(CC1)COOOO2.Cc1cc(CCC(=O)O)cc(C(C)(C)C)c1O.Cc1cc(CCC(=O)O)cc(C(C)(C)C)c1O. The third kappa shape index (κ3) is 12.3. The minimum absolute atomic E-state index is 0.119. The van der Waals surface area contributed by atoms with Crippen molar-refractivity contribution in [3.8, 4) is 11.5 Å². The van der Waals surface area contributed by atoms with Gasteiger partial charge in [0.15, 0.2) is 0 Å². The monoisotopic (exact) mass is 632 g/mol. The summed E-state index contributed by atoms with van der Waals surface area (Å²) in [4.78, 5) is 30.9. The summed E-state index contributed by atoms with van der Waals surface area (Å²) >= 11 is 0. The van der Waals surface area contributed by atoms with Crippen LogP contribution in [0.2, 0.25) is 0 Å². The molecule has 1 heterocycles. The maximum atomic E-state index is 10.6. The van der Waals surface area contributed by atoms with Crippen molar-refractivity contribution in [1.29, 1.82) is 0 Å². The van der Waals surface area contributed by atoms with E-state index in [4.69, 9.17) is 20.0 Å². The molecule has 0 aromatic heterocycles. The van der Waals surface area contributed by atoms with E-state index in [1.807, 2.05) is 79.7 Å². The van der Waals surface area contributed by atoms with Crippen molar-refractivity contribution in [3.05, 3.63) is 57.6 Å². The van der Waals surface area contributed by atoms with E-state index in [-0.39, 0.29) is 29.3 Å². The molecule has 0 radical (unpaired) electrons. The van der Waals surface area contributed by atoms with Crippen LogP contribution in [-0.4, -0.2) is 44.6 Å². The van der Waals surface area contributed by atoms with E-state index in [1.165, 1.54) is 19.3 Å². The maximum Gasteiger partial charge on any atom is 0.303 e. The molecule has 10 nitrogen and oxygen atoms in total. The van der Waals surface area contributed by atoms with Gasteiger partial charge in [0.25, 0.3) is 0 Å². The zero-order chi connectivity index (χ0) is 34.0. The Balaban J connectivity index is 0.000000240. The summed E-state index contributed by atoms with van der Waals surface area (Å²) < 4.78 is 0. The second-order valence-corrected chi connectivity index (χ2v) is 14.1. The molecule has 4 N–H and O–H groups in total. The standard InChI is InChI=1S/2C14H20O3.C7H12O4/c2*1-9-7-10(5-6-12(15)16)8-11(13(9)17)14(2,3)4;1-2-4-7(5-3-1)6-8-10-11-9-7/h2*7-8,17H,5-6H2,1-4H3,(H,15,16);1-6H2. The summed E-state index contributed by atoms with van der Waals surface area (Å²) in [5, 5.41) is 45.9. The second-order valence-electron chi connectivity index (χ2n) is 14.1. The molecule has 2 aromatic carbocycles. The molecule has 45 heavy (non-hydrogen) atoms. The molecule has 0 unspecified atom stereocenters. The lowest BCUT2D eigenvalue weighted by molar-refractivity contribution is -0.691. The number of carboxylic acid groups (broad SMARTS) is 2. The van der Waals surface area contributed by atoms with Gasteiger partial charge in [0.05, 0.1) is 0 Å². The number of phenols is 2. The zero-order valence-corrected chi connectivity index (χ0v) is 28.1. The van der Waals surface area contributed by atoms with E-state index in [0.717, 1.165) is 46.2 Å². The fourth-order valence-electron chi connectivity index (χ4n) is 5.33. The molecule has 2 aliphatic rings. The van der Waals surface area contributed by atoms with E-state index in [1.54, 1.807) is 0 Å². The minimum atomic E-state index is -0.798. The Kier molecular flexibility index (Phi) is 13.9. The van der Waals surface area contributed by atoms with Gasteiger partial charge in [-0.1, -0.05) is 85.1 Å². The molecular weight excluding hydrogens is 580 g/mol. The molecule has 252 valence electrons. The highest BCUT2D eigenvalue weighted by Gasteiger charge is 2.38. The van der Waals surface area contributed by atoms with Crippen molar-refractivity contribution >= 4 is 11.9 Å². The summed E-state index contributed by atoms with van der Waals surface area (Å²) in [5.41, 5.74) is 4.78. The Morgan fingerprint density at radius 2 is 1.13 bits per heavy atom. The summed E-state index contributed by atoms with van der Waals surface area (Å²) in [6.45, 7) is 16.4. The Bertz CT molecular complexity index is 1170. The van der Waals surface area contributed by atoms with Gasteiger partial charge in [-0.15, -0.1) is 0 Å². The number of phenolic OH excluding ortho intramolecular Hbond substituents is 2. The van der Waals surface area contributed by atoms with Crippen LogP contribution in [0.1, 0.15) is 120 Å². The van der Waals surface area contributed by atoms with E-state index in [2.05, 4.69) is 10.1 Å². The van der Waals surface area contributed by atoms with E-state index in [0.29, 0.717) is 30.9 Å². The van der Waals surface area contributed by atoms with Gasteiger partial charge in [-0.25, -0.2) is 4.89 Å². The van der Waals surface area contributed by atoms with Gasteiger partial charge >= 0.3 is 11.9 Å². The normalized spacial score (nSPS) is 16.2. The van der Waals surface area contributed by atoms with E-state index < -0.39 is 11.9 Å². The summed E-state index contributed by atoms with van der Waals surface area (Å²) in [5.74, 6) is -0.964. The van der Waals surface area contributed by atoms with Crippen LogP contribution in [0.4, 0.5) is 0 Å². The molecular formula is C35H52O10. The molecule has 0 atom stereocenters. The van der Waals surface area contributed by atoms with Crippen molar-refractivity contribution < 1.29 is 49.9 Å². The molecule has 1 spiro atoms. The number of hydrogen-bond donors (Lipinski definition) is 4. The zero-order valence-electron chi connectivity index (χ0n) is 28.1. The van der Waals surface area contributed by atoms with E-state index in [9.17, 15) is 19.8 Å². The minimum Gasteiger partial charge on any atom is -0.507 e. The first-order valence-corrected chi connectivity index (χ1v) is 15.6. The Hall–Kier alpha value is -3.18. The van der Waals surface area contributed by atoms with Gasteiger partial charge in [-0.2, -0.15) is 4.89 Å². The average molecular weight is 633 g/mol. The second kappa shape index (κ2) is 16.4. The van der Waals surface area contributed by atoms with Crippen molar-refractivity contribution in [2.75, 3.05) is 6.61 Å². The van der Waals surface area contributed by atoms with Crippen molar-refractivity contribution in [2.45, 2.75) is 130 Å². The largest absolute Gasteiger partial charge is 0.507 e. The lowest BCUT2D eigenvalue weighted by atomic mass is 9.83. The number of hydrogen-bond acceptors (Lipinski definition) is 8. The number of carboxylic acids is 2. The fourth-order valence-corrected chi connectivity index (χ4v) is 5.33. The molecule has 2 fully saturated rings. The van der Waals surface area contributed by atoms with Crippen LogP contribution < -0.4 is 0 Å². The van der Waals surface area contributed by atoms with Gasteiger partial charge in [-0.3, -0.25) is 9.59 Å². The molecule has 0 bridgehead atoms. The predicted octanol–water partition coefficient (Wildman–Crippen LogP) is 7.54.